The van der Waals surface area contributed by atoms with Gasteiger partial charge in [0.25, 0.3) is 0 Å². The number of aromatic nitrogens is 5. The topological polar surface area (TPSA) is 85.9 Å². The molecule has 1 aromatic carbocycles. The fourth-order valence-electron chi connectivity index (χ4n) is 6.22. The zero-order valence-electron chi connectivity index (χ0n) is 23.5. The average molecular weight is 631 g/mol. The van der Waals surface area contributed by atoms with Gasteiger partial charge in [-0.25, -0.2) is 27.0 Å². The summed E-state index contributed by atoms with van der Waals surface area (Å²) in [4.78, 5) is 22.5. The molecule has 14 heteroatoms. The van der Waals surface area contributed by atoms with Gasteiger partial charge in [-0.3, -0.25) is 9.78 Å². The number of carbonyl (C=O) groups is 1. The van der Waals surface area contributed by atoms with E-state index in [0.717, 1.165) is 22.6 Å². The van der Waals surface area contributed by atoms with Crippen LogP contribution in [0.2, 0.25) is 0 Å². The number of allylic oxidation sites excluding steroid dienone is 1. The molecule has 0 amide bonds. The number of ketones is 1. The third-order valence-electron chi connectivity index (χ3n) is 8.22. The lowest BCUT2D eigenvalue weighted by molar-refractivity contribution is -0.140. The predicted molar refractivity (Wildman–Crippen MR) is 153 cm³/mol. The maximum absolute atomic E-state index is 14.3. The van der Waals surface area contributed by atoms with E-state index in [1.807, 2.05) is 0 Å². The van der Waals surface area contributed by atoms with Gasteiger partial charge in [0.05, 0.1) is 39.0 Å². The first kappa shape index (κ1) is 29.9. The van der Waals surface area contributed by atoms with Crippen molar-refractivity contribution >= 4 is 27.4 Å². The number of imidazole rings is 1. The van der Waals surface area contributed by atoms with E-state index in [-0.39, 0.29) is 36.4 Å². The van der Waals surface area contributed by atoms with Gasteiger partial charge in [0.1, 0.15) is 23.9 Å². The molecule has 8 nitrogen and oxygen atoms in total. The van der Waals surface area contributed by atoms with Gasteiger partial charge in [-0.05, 0) is 73.5 Å². The van der Waals surface area contributed by atoms with Gasteiger partial charge in [-0.1, -0.05) is 5.57 Å². The van der Waals surface area contributed by atoms with Gasteiger partial charge in [0.15, 0.2) is 10.8 Å². The molecule has 3 aromatic heterocycles. The van der Waals surface area contributed by atoms with Crippen LogP contribution >= 0.6 is 0 Å². The summed E-state index contributed by atoms with van der Waals surface area (Å²) in [6, 6.07) is 6.78. The summed E-state index contributed by atoms with van der Waals surface area (Å²) < 4.78 is 87.8. The minimum atomic E-state index is -4.73. The monoisotopic (exact) mass is 630 g/mol. The molecular weight excluding hydrogens is 603 g/mol. The normalized spacial score (nSPS) is 21.3. The number of aryl methyl sites for hydroxylation is 1. The first-order valence-electron chi connectivity index (χ1n) is 13.7. The van der Waals surface area contributed by atoms with Crippen LogP contribution in [-0.4, -0.2) is 63.2 Å². The van der Waals surface area contributed by atoms with Crippen molar-refractivity contribution < 1.29 is 31.0 Å². The number of Topliss-reactive ketones (excluding diaryl/α,β-unsaturated/α-hetero) is 1. The number of rotatable bonds is 7. The Morgan fingerprint density at radius 3 is 2.57 bits per heavy atom. The van der Waals surface area contributed by atoms with E-state index in [0.29, 0.717) is 22.5 Å². The second-order valence-electron chi connectivity index (χ2n) is 11.2. The van der Waals surface area contributed by atoms with Crippen LogP contribution in [0.4, 0.5) is 22.0 Å². The number of alkyl halides is 3. The summed E-state index contributed by atoms with van der Waals surface area (Å²) in [5, 5.41) is 4.35. The van der Waals surface area contributed by atoms with Crippen LogP contribution in [0.15, 0.2) is 71.9 Å². The largest absolute Gasteiger partial charge is 0.402 e. The van der Waals surface area contributed by atoms with Crippen molar-refractivity contribution in [3.63, 3.8) is 0 Å². The number of hydrogen-bond donors (Lipinski definition) is 0. The molecule has 1 unspecified atom stereocenters. The van der Waals surface area contributed by atoms with Gasteiger partial charge >= 0.3 is 6.18 Å². The molecule has 3 atom stereocenters. The highest BCUT2D eigenvalue weighted by molar-refractivity contribution is 7.98. The molecule has 0 bridgehead atoms. The Balaban J connectivity index is 1.46. The lowest BCUT2D eigenvalue weighted by Crippen LogP contribution is -2.52. The zero-order chi connectivity index (χ0) is 31.4. The van der Waals surface area contributed by atoms with Crippen LogP contribution in [-0.2, 0) is 23.2 Å². The van der Waals surface area contributed by atoms with Gasteiger partial charge in [0, 0.05) is 31.5 Å². The number of hydrogen-bond acceptors (Lipinski definition) is 5. The van der Waals surface area contributed by atoms with Crippen LogP contribution in [0.1, 0.15) is 41.0 Å². The maximum Gasteiger partial charge on any atom is 0.402 e. The summed E-state index contributed by atoms with van der Waals surface area (Å²) in [5.74, 6) is 2.04. The number of nitrogens with zero attached hydrogens (tertiary/aromatic N) is 6. The number of pyridine rings is 1. The Hall–Kier alpha value is -4.17. The fourth-order valence-corrected chi connectivity index (χ4v) is 8.02. The lowest BCUT2D eigenvalue weighted by Gasteiger charge is -2.47. The van der Waals surface area contributed by atoms with Crippen molar-refractivity contribution in [3.8, 4) is 5.69 Å². The summed E-state index contributed by atoms with van der Waals surface area (Å²) in [6.45, 7) is -1.54. The van der Waals surface area contributed by atoms with Crippen molar-refractivity contribution in [1.29, 1.82) is 0 Å². The van der Waals surface area contributed by atoms with Crippen LogP contribution in [0.3, 0.4) is 0 Å². The molecule has 3 heterocycles. The first-order chi connectivity index (χ1) is 20.8. The Morgan fingerprint density at radius 2 is 1.91 bits per heavy atom. The van der Waals surface area contributed by atoms with Crippen molar-refractivity contribution in [2.45, 2.75) is 42.9 Å². The standard InChI is InChI=1S/C30H27F5N6O2S/c1-39-16-27(37-18-39)44(2,43)40(17-30(33,34)35)24-6-3-20-11-26-19(15-38-41(26)23-7-4-21(31)5-8-23)13-29(20,14-24)28(42)25-12-22(32)9-10-36-25/h4-5,7-12,15-16,18,24H,2-3,6,13-14,17H2,1H3/t24-,29-,44?/m0/s1. The highest BCUT2D eigenvalue weighted by Gasteiger charge is 2.52. The van der Waals surface area contributed by atoms with Gasteiger partial charge in [0.2, 0.25) is 0 Å². The Labute approximate surface area is 250 Å². The third-order valence-corrected chi connectivity index (χ3v) is 10.3. The fraction of sp³-hybridized carbons (Fsp3) is 0.300. The quantitative estimate of drug-likeness (QED) is 0.159. The molecule has 0 spiro atoms. The molecule has 2 aliphatic carbocycles. The number of fused-ring (bicyclic) bond motifs is 2. The molecule has 230 valence electrons. The average Bonchev–Trinajstić information content (AvgIpc) is 3.60. The molecule has 0 radical (unpaired) electrons. The van der Waals surface area contributed by atoms with E-state index in [4.69, 9.17) is 0 Å². The minimum absolute atomic E-state index is 0.0324. The van der Waals surface area contributed by atoms with E-state index in [1.165, 1.54) is 29.2 Å². The predicted octanol–water partition coefficient (Wildman–Crippen LogP) is 5.20. The zero-order valence-corrected chi connectivity index (χ0v) is 24.3. The second-order valence-corrected chi connectivity index (χ2v) is 13.3. The molecule has 0 saturated heterocycles. The Bertz CT molecular complexity index is 1880. The summed E-state index contributed by atoms with van der Waals surface area (Å²) in [6.07, 6.45) is 2.62. The van der Waals surface area contributed by atoms with Gasteiger partial charge in [-0.15, -0.1) is 0 Å². The first-order valence-corrected chi connectivity index (χ1v) is 15.3. The molecule has 1 saturated carbocycles. The SMILES string of the molecule is C=S(=O)(c1cn(C)cn1)N(CC(F)(F)F)[C@H]1CCC2=Cc3c(cnn3-c3ccc(F)cc3)C[C@]2(C(=O)c2cc(F)ccn2)C1. The van der Waals surface area contributed by atoms with Gasteiger partial charge < -0.3 is 4.57 Å². The lowest BCUT2D eigenvalue weighted by atomic mass is 9.60. The molecule has 4 aromatic rings. The number of carbonyl (C=O) groups excluding carboxylic acids is 1. The smallest absolute Gasteiger partial charge is 0.339 e. The summed E-state index contributed by atoms with van der Waals surface area (Å²) in [5.41, 5.74) is 0.840. The van der Waals surface area contributed by atoms with Gasteiger partial charge in [-0.2, -0.15) is 18.3 Å². The van der Waals surface area contributed by atoms with Crippen molar-refractivity contribution in [3.05, 3.63) is 95.5 Å². The van der Waals surface area contributed by atoms with Crippen molar-refractivity contribution in [2.75, 3.05) is 6.54 Å². The highest BCUT2D eigenvalue weighted by Crippen LogP contribution is 2.51. The number of benzene rings is 1. The summed E-state index contributed by atoms with van der Waals surface area (Å²) >= 11 is 0. The van der Waals surface area contributed by atoms with Crippen LogP contribution in [0.5, 0.6) is 0 Å². The van der Waals surface area contributed by atoms with E-state index in [2.05, 4.69) is 20.9 Å². The van der Waals surface area contributed by atoms with E-state index in [9.17, 15) is 31.0 Å². The highest BCUT2D eigenvalue weighted by atomic mass is 32.2. The van der Waals surface area contributed by atoms with Crippen molar-refractivity contribution in [1.82, 2.24) is 28.6 Å². The van der Waals surface area contributed by atoms with E-state index >= 15 is 0 Å². The second kappa shape index (κ2) is 10.8. The van der Waals surface area contributed by atoms with Crippen LogP contribution in [0.25, 0.3) is 11.8 Å². The third kappa shape index (κ3) is 5.36. The Morgan fingerprint density at radius 1 is 1.16 bits per heavy atom. The van der Waals surface area contributed by atoms with Crippen LogP contribution < -0.4 is 0 Å². The maximum atomic E-state index is 14.3. The minimum Gasteiger partial charge on any atom is -0.339 e. The molecule has 44 heavy (non-hydrogen) atoms. The number of halogens is 5. The molecule has 0 aliphatic heterocycles. The van der Waals surface area contributed by atoms with Crippen molar-refractivity contribution in [2.24, 2.45) is 12.5 Å². The van der Waals surface area contributed by atoms with E-state index < -0.39 is 51.3 Å². The molecular formula is C30H27F5N6O2S. The van der Waals surface area contributed by atoms with E-state index in [1.54, 1.807) is 36.1 Å². The molecule has 2 aliphatic rings. The Kier molecular flexibility index (Phi) is 7.31. The molecule has 1 fully saturated rings. The van der Waals surface area contributed by atoms with Crippen LogP contribution in [0, 0.1) is 17.0 Å². The molecule has 0 N–H and O–H groups in total. The molecule has 6 rings (SSSR count). The summed E-state index contributed by atoms with van der Waals surface area (Å²) in [7, 11) is -2.14.